The van der Waals surface area contributed by atoms with Crippen LogP contribution in [0.3, 0.4) is 0 Å². The number of halogens is 1. The highest BCUT2D eigenvalue weighted by Gasteiger charge is 2.14. The van der Waals surface area contributed by atoms with Gasteiger partial charge < -0.3 is 19.4 Å². The summed E-state index contributed by atoms with van der Waals surface area (Å²) in [6.07, 6.45) is 1.70. The van der Waals surface area contributed by atoms with E-state index in [0.29, 0.717) is 25.6 Å². The number of hydrogen-bond acceptors (Lipinski definition) is 4. The molecule has 0 bridgehead atoms. The van der Waals surface area contributed by atoms with Gasteiger partial charge in [0.1, 0.15) is 13.2 Å². The molecule has 0 atom stereocenters. The van der Waals surface area contributed by atoms with Crippen LogP contribution < -0.4 is 10.1 Å². The smallest absolute Gasteiger partial charge is 0.240 e. The van der Waals surface area contributed by atoms with E-state index in [2.05, 4.69) is 26.2 Å². The minimum Gasteiger partial charge on any atom is -0.475 e. The number of carbonyl (C=O) groups excluding carboxylic acids is 1. The van der Waals surface area contributed by atoms with Crippen LogP contribution in [0.25, 0.3) is 10.9 Å². The number of amides is 1. The zero-order valence-electron chi connectivity index (χ0n) is 15.4. The van der Waals surface area contributed by atoms with Crippen LogP contribution in [0, 0.1) is 6.92 Å². The summed E-state index contributed by atoms with van der Waals surface area (Å²) in [7, 11) is 1.62. The maximum absolute atomic E-state index is 12.4. The molecule has 1 aromatic carbocycles. The molecule has 6 nitrogen and oxygen atoms in total. The molecule has 0 spiro atoms. The van der Waals surface area contributed by atoms with Crippen molar-refractivity contribution in [2.45, 2.75) is 20.0 Å². The Labute approximate surface area is 166 Å². The maximum atomic E-state index is 12.4. The van der Waals surface area contributed by atoms with Crippen LogP contribution in [0.2, 0.25) is 0 Å². The van der Waals surface area contributed by atoms with Crippen LogP contribution >= 0.6 is 15.9 Å². The number of methoxy groups -OCH3 is 1. The summed E-state index contributed by atoms with van der Waals surface area (Å²) in [5.74, 6) is 0.494. The molecule has 0 aliphatic rings. The molecule has 3 aromatic rings. The van der Waals surface area contributed by atoms with Gasteiger partial charge in [0.25, 0.3) is 0 Å². The molecule has 0 fully saturated rings. The number of ether oxygens (including phenoxy) is 2. The first-order valence-corrected chi connectivity index (χ1v) is 9.46. The third-order valence-electron chi connectivity index (χ3n) is 4.28. The predicted molar refractivity (Wildman–Crippen MR) is 108 cm³/mol. The van der Waals surface area contributed by atoms with E-state index in [4.69, 9.17) is 9.47 Å². The highest BCUT2D eigenvalue weighted by molar-refractivity contribution is 9.10. The lowest BCUT2D eigenvalue weighted by molar-refractivity contribution is -0.121. The monoisotopic (exact) mass is 431 g/mol. The molecule has 0 radical (unpaired) electrons. The first-order valence-electron chi connectivity index (χ1n) is 8.67. The lowest BCUT2D eigenvalue weighted by atomic mass is 10.2. The van der Waals surface area contributed by atoms with E-state index in [1.807, 2.05) is 41.8 Å². The third kappa shape index (κ3) is 4.67. The molecular formula is C20H22BrN3O3. The topological polar surface area (TPSA) is 65.4 Å². The summed E-state index contributed by atoms with van der Waals surface area (Å²) in [6.45, 7) is 3.67. The molecule has 2 aromatic heterocycles. The van der Waals surface area contributed by atoms with Gasteiger partial charge >= 0.3 is 0 Å². The molecule has 1 amide bonds. The Kier molecular flexibility index (Phi) is 6.47. The van der Waals surface area contributed by atoms with E-state index >= 15 is 0 Å². The highest BCUT2D eigenvalue weighted by atomic mass is 79.9. The van der Waals surface area contributed by atoms with Gasteiger partial charge in [-0.25, -0.2) is 4.98 Å². The average molecular weight is 432 g/mol. The fourth-order valence-corrected chi connectivity index (χ4v) is 3.37. The van der Waals surface area contributed by atoms with Crippen LogP contribution in [0.5, 0.6) is 5.88 Å². The maximum Gasteiger partial charge on any atom is 0.240 e. The van der Waals surface area contributed by atoms with Gasteiger partial charge in [-0.1, -0.05) is 24.3 Å². The second-order valence-electron chi connectivity index (χ2n) is 6.13. The fraction of sp³-hybridized carbons (Fsp3) is 0.300. The van der Waals surface area contributed by atoms with E-state index in [9.17, 15) is 4.79 Å². The minimum absolute atomic E-state index is 0.0493. The molecule has 0 unspecified atom stereocenters. The van der Waals surface area contributed by atoms with Gasteiger partial charge in [-0.05, 0) is 34.5 Å². The Hall–Kier alpha value is -2.38. The lowest BCUT2D eigenvalue weighted by Gasteiger charge is -2.10. The van der Waals surface area contributed by atoms with Crippen LogP contribution in [-0.2, 0) is 22.6 Å². The molecule has 0 aliphatic heterocycles. The normalized spacial score (nSPS) is 10.9. The van der Waals surface area contributed by atoms with Gasteiger partial charge in [0.15, 0.2) is 0 Å². The third-order valence-corrected chi connectivity index (χ3v) is 5.28. The van der Waals surface area contributed by atoms with Crippen LogP contribution in [0.15, 0.2) is 47.1 Å². The van der Waals surface area contributed by atoms with Crippen molar-refractivity contribution in [1.29, 1.82) is 0 Å². The summed E-state index contributed by atoms with van der Waals surface area (Å²) < 4.78 is 13.4. The van der Waals surface area contributed by atoms with E-state index in [1.54, 1.807) is 19.4 Å². The number of hydrogen-bond donors (Lipinski definition) is 1. The van der Waals surface area contributed by atoms with Crippen LogP contribution in [0.4, 0.5) is 0 Å². The standard InChI is InChI=1S/C20H22BrN3O3/c1-14-20(21)16-5-3-4-6-17(16)24(14)13-18(25)22-11-15-7-8-19(23-12-15)27-10-9-26-2/h3-8,12H,9-11,13H2,1-2H3,(H,22,25). The highest BCUT2D eigenvalue weighted by Crippen LogP contribution is 2.30. The van der Waals surface area contributed by atoms with Crippen LogP contribution in [0.1, 0.15) is 11.3 Å². The number of carbonyl (C=O) groups is 1. The van der Waals surface area contributed by atoms with Crippen molar-refractivity contribution in [2.24, 2.45) is 0 Å². The Morgan fingerprint density at radius 1 is 1.22 bits per heavy atom. The number of nitrogens with zero attached hydrogens (tertiary/aromatic N) is 2. The molecule has 142 valence electrons. The minimum atomic E-state index is -0.0493. The first kappa shape index (κ1) is 19.4. The quantitative estimate of drug-likeness (QED) is 0.554. The lowest BCUT2D eigenvalue weighted by Crippen LogP contribution is -2.27. The number of fused-ring (bicyclic) bond motifs is 1. The molecular weight excluding hydrogens is 410 g/mol. The van der Waals surface area contributed by atoms with Gasteiger partial charge in [0, 0.05) is 47.0 Å². The van der Waals surface area contributed by atoms with Gasteiger partial charge in [0.2, 0.25) is 11.8 Å². The summed E-state index contributed by atoms with van der Waals surface area (Å²) >= 11 is 3.62. The molecule has 0 saturated heterocycles. The summed E-state index contributed by atoms with van der Waals surface area (Å²) in [6, 6.07) is 11.7. The predicted octanol–water partition coefficient (Wildman–Crippen LogP) is 3.45. The fourth-order valence-electron chi connectivity index (χ4n) is 2.82. The van der Waals surface area contributed by atoms with Crippen molar-refractivity contribution in [1.82, 2.24) is 14.9 Å². The molecule has 2 heterocycles. The molecule has 27 heavy (non-hydrogen) atoms. The number of benzene rings is 1. The second kappa shape index (κ2) is 9.01. The summed E-state index contributed by atoms with van der Waals surface area (Å²) in [4.78, 5) is 16.7. The van der Waals surface area contributed by atoms with Crippen molar-refractivity contribution in [3.63, 3.8) is 0 Å². The molecule has 7 heteroatoms. The first-order chi connectivity index (χ1) is 13.1. The number of para-hydroxylation sites is 1. The molecule has 3 rings (SSSR count). The van der Waals surface area contributed by atoms with Crippen molar-refractivity contribution in [3.05, 3.63) is 58.3 Å². The van der Waals surface area contributed by atoms with Gasteiger partial charge in [0.05, 0.1) is 6.61 Å². The number of rotatable bonds is 8. The van der Waals surface area contributed by atoms with E-state index in [0.717, 1.165) is 26.6 Å². The van der Waals surface area contributed by atoms with Crippen molar-refractivity contribution in [3.8, 4) is 5.88 Å². The zero-order valence-corrected chi connectivity index (χ0v) is 17.0. The number of aromatic nitrogens is 2. The van der Waals surface area contributed by atoms with Crippen molar-refractivity contribution >= 4 is 32.7 Å². The van der Waals surface area contributed by atoms with Gasteiger partial charge in [-0.15, -0.1) is 0 Å². The largest absolute Gasteiger partial charge is 0.475 e. The van der Waals surface area contributed by atoms with Gasteiger partial charge in [-0.2, -0.15) is 0 Å². The van der Waals surface area contributed by atoms with E-state index < -0.39 is 0 Å². The molecule has 1 N–H and O–H groups in total. The summed E-state index contributed by atoms with van der Waals surface area (Å²) in [5, 5.41) is 4.05. The summed E-state index contributed by atoms with van der Waals surface area (Å²) in [5.41, 5.74) is 2.99. The SMILES string of the molecule is COCCOc1ccc(CNC(=O)Cn2c(C)c(Br)c3ccccc32)cn1. The Balaban J connectivity index is 1.58. The van der Waals surface area contributed by atoms with Gasteiger partial charge in [-0.3, -0.25) is 4.79 Å². The Morgan fingerprint density at radius 2 is 2.04 bits per heavy atom. The molecule has 0 aliphatic carbocycles. The number of nitrogens with one attached hydrogen (secondary N) is 1. The number of pyridine rings is 1. The zero-order chi connectivity index (χ0) is 19.2. The van der Waals surface area contributed by atoms with Crippen molar-refractivity contribution in [2.75, 3.05) is 20.3 Å². The van der Waals surface area contributed by atoms with Crippen LogP contribution in [-0.4, -0.2) is 35.8 Å². The second-order valence-corrected chi connectivity index (χ2v) is 6.92. The Bertz CT molecular complexity index is 922. The van der Waals surface area contributed by atoms with E-state index in [1.165, 1.54) is 0 Å². The average Bonchev–Trinajstić information content (AvgIpc) is 2.93. The van der Waals surface area contributed by atoms with Crippen molar-refractivity contribution < 1.29 is 14.3 Å². The van der Waals surface area contributed by atoms with E-state index in [-0.39, 0.29) is 12.5 Å². The molecule has 0 saturated carbocycles. The Morgan fingerprint density at radius 3 is 2.78 bits per heavy atom.